The van der Waals surface area contributed by atoms with Gasteiger partial charge < -0.3 is 4.74 Å². The van der Waals surface area contributed by atoms with Crippen LogP contribution in [0.4, 0.5) is 0 Å². The Kier molecular flexibility index (Phi) is 4.27. The molecule has 0 saturated heterocycles. The predicted molar refractivity (Wildman–Crippen MR) is 60.9 cm³/mol. The molecule has 0 spiro atoms. The average Bonchev–Trinajstić information content (AvgIpc) is 2.43. The summed E-state index contributed by atoms with van der Waals surface area (Å²) in [5, 5.41) is 0. The van der Waals surface area contributed by atoms with Gasteiger partial charge in [-0.3, -0.25) is 4.57 Å². The summed E-state index contributed by atoms with van der Waals surface area (Å²) in [4.78, 5) is 4.12. The molecule has 0 radical (unpaired) electrons. The Hall–Kier alpha value is -0.520. The van der Waals surface area contributed by atoms with Gasteiger partial charge in [0.05, 0.1) is 12.8 Å². The Bertz CT molecular complexity index is 283. The van der Waals surface area contributed by atoms with Crippen LogP contribution in [0.2, 0.25) is 0 Å². The van der Waals surface area contributed by atoms with Gasteiger partial charge in [0.2, 0.25) is 0 Å². The van der Waals surface area contributed by atoms with Gasteiger partial charge in [0, 0.05) is 7.05 Å². The lowest BCUT2D eigenvalue weighted by atomic mass is 10.3. The van der Waals surface area contributed by atoms with Gasteiger partial charge in [-0.25, -0.2) is 4.98 Å². The Labute approximate surface area is 91.9 Å². The van der Waals surface area contributed by atoms with Gasteiger partial charge in [-0.05, 0) is 35.4 Å². The predicted octanol–water partition coefficient (Wildman–Crippen LogP) is 2.37. The molecule has 1 aromatic heterocycles. The van der Waals surface area contributed by atoms with Crippen LogP contribution in [0.3, 0.4) is 0 Å². The normalized spacial score (nSPS) is 10.0. The molecule has 0 fully saturated rings. The highest BCUT2D eigenvalue weighted by Gasteiger charge is 2.03. The van der Waals surface area contributed by atoms with Gasteiger partial charge in [-0.1, -0.05) is 6.08 Å². The van der Waals surface area contributed by atoms with Gasteiger partial charge in [-0.2, -0.15) is 0 Å². The molecule has 0 aromatic carbocycles. The summed E-state index contributed by atoms with van der Waals surface area (Å²) in [6, 6.07) is 0.688. The molecule has 0 N–H and O–H groups in total. The fraction of sp³-hybridized carbons (Fsp3) is 0.444. The van der Waals surface area contributed by atoms with E-state index in [0.717, 1.165) is 16.5 Å². The van der Waals surface area contributed by atoms with E-state index in [4.69, 9.17) is 4.74 Å². The van der Waals surface area contributed by atoms with Crippen LogP contribution in [0.15, 0.2) is 18.9 Å². The van der Waals surface area contributed by atoms with Gasteiger partial charge in [0.15, 0.2) is 0 Å². The molecule has 4 heteroatoms. The third-order valence-corrected chi connectivity index (χ3v) is 2.67. The number of halogens is 1. The second-order valence-corrected chi connectivity index (χ2v) is 3.81. The van der Waals surface area contributed by atoms with Crippen molar-refractivity contribution < 1.29 is 4.74 Å². The number of rotatable bonds is 5. The summed E-state index contributed by atoms with van der Waals surface area (Å²) in [6.45, 7) is 4.35. The monoisotopic (exact) mass is 292 g/mol. The van der Waals surface area contributed by atoms with E-state index >= 15 is 0 Å². The lowest BCUT2D eigenvalue weighted by Gasteiger charge is -2.04. The minimum atomic E-state index is 0.688. The number of hydrogen-bond donors (Lipinski definition) is 0. The Morgan fingerprint density at radius 2 is 2.54 bits per heavy atom. The number of allylic oxidation sites excluding steroid dienone is 1. The summed E-state index contributed by atoms with van der Waals surface area (Å²) in [5.41, 5.74) is 0. The smallest absolute Gasteiger partial charge is 0.296 e. The first-order valence-corrected chi connectivity index (χ1v) is 5.24. The first-order valence-electron chi connectivity index (χ1n) is 4.16. The summed E-state index contributed by atoms with van der Waals surface area (Å²) in [7, 11) is 1.94. The van der Waals surface area contributed by atoms with Crippen molar-refractivity contribution in [2.24, 2.45) is 7.05 Å². The molecule has 0 bridgehead atoms. The van der Waals surface area contributed by atoms with Crippen molar-refractivity contribution in [3.05, 3.63) is 22.6 Å². The Morgan fingerprint density at radius 1 is 1.77 bits per heavy atom. The average molecular weight is 292 g/mol. The van der Waals surface area contributed by atoms with Gasteiger partial charge in [0.1, 0.15) is 3.70 Å². The van der Waals surface area contributed by atoms with Crippen molar-refractivity contribution in [2.75, 3.05) is 6.61 Å². The van der Waals surface area contributed by atoms with Crippen molar-refractivity contribution in [2.45, 2.75) is 12.8 Å². The fourth-order valence-corrected chi connectivity index (χ4v) is 1.24. The van der Waals surface area contributed by atoms with Crippen LogP contribution in [-0.2, 0) is 7.05 Å². The van der Waals surface area contributed by atoms with Gasteiger partial charge in [-0.15, -0.1) is 6.58 Å². The van der Waals surface area contributed by atoms with E-state index in [2.05, 4.69) is 34.2 Å². The maximum atomic E-state index is 5.46. The Morgan fingerprint density at radius 3 is 3.08 bits per heavy atom. The SMILES string of the molecule is C=CCCCOc1ncc(I)n1C. The largest absolute Gasteiger partial charge is 0.465 e. The van der Waals surface area contributed by atoms with Crippen molar-refractivity contribution in [1.82, 2.24) is 9.55 Å². The number of ether oxygens (including phenoxy) is 1. The highest BCUT2D eigenvalue weighted by molar-refractivity contribution is 14.1. The van der Waals surface area contributed by atoms with Crippen molar-refractivity contribution in [3.8, 4) is 6.01 Å². The first-order chi connectivity index (χ1) is 6.25. The van der Waals surface area contributed by atoms with E-state index in [0.29, 0.717) is 12.6 Å². The van der Waals surface area contributed by atoms with Crippen molar-refractivity contribution in [1.29, 1.82) is 0 Å². The van der Waals surface area contributed by atoms with Crippen molar-refractivity contribution >= 4 is 22.6 Å². The third-order valence-electron chi connectivity index (χ3n) is 1.67. The van der Waals surface area contributed by atoms with Crippen LogP contribution in [0.25, 0.3) is 0 Å². The lowest BCUT2D eigenvalue weighted by molar-refractivity contribution is 0.278. The molecule has 1 heterocycles. The molecule has 0 aliphatic rings. The topological polar surface area (TPSA) is 27.1 Å². The number of nitrogens with zero attached hydrogens (tertiary/aromatic N) is 2. The number of aromatic nitrogens is 2. The second kappa shape index (κ2) is 5.26. The maximum Gasteiger partial charge on any atom is 0.296 e. The molecule has 13 heavy (non-hydrogen) atoms. The van der Waals surface area contributed by atoms with E-state index in [1.165, 1.54) is 0 Å². The number of unbranched alkanes of at least 4 members (excludes halogenated alkanes) is 1. The molecule has 0 unspecified atom stereocenters. The zero-order valence-corrected chi connectivity index (χ0v) is 9.82. The number of imidazole rings is 1. The highest BCUT2D eigenvalue weighted by Crippen LogP contribution is 2.12. The quantitative estimate of drug-likeness (QED) is 0.473. The van der Waals surface area contributed by atoms with Crippen molar-refractivity contribution in [3.63, 3.8) is 0 Å². The molecule has 0 amide bonds. The van der Waals surface area contributed by atoms with E-state index in [1.807, 2.05) is 17.7 Å². The minimum Gasteiger partial charge on any atom is -0.465 e. The van der Waals surface area contributed by atoms with E-state index in [9.17, 15) is 0 Å². The molecule has 0 saturated carbocycles. The van der Waals surface area contributed by atoms with Crippen LogP contribution >= 0.6 is 22.6 Å². The van der Waals surface area contributed by atoms with Crippen LogP contribution in [0.1, 0.15) is 12.8 Å². The molecule has 0 aliphatic heterocycles. The minimum absolute atomic E-state index is 0.688. The van der Waals surface area contributed by atoms with Crippen LogP contribution in [0.5, 0.6) is 6.01 Å². The summed E-state index contributed by atoms with van der Waals surface area (Å²) in [5.74, 6) is 0. The first kappa shape index (κ1) is 10.6. The van der Waals surface area contributed by atoms with E-state index in [1.54, 1.807) is 6.20 Å². The van der Waals surface area contributed by atoms with Gasteiger partial charge in [0.25, 0.3) is 6.01 Å². The molecule has 0 aliphatic carbocycles. The third kappa shape index (κ3) is 3.02. The maximum absolute atomic E-state index is 5.46. The zero-order valence-electron chi connectivity index (χ0n) is 7.66. The summed E-state index contributed by atoms with van der Waals surface area (Å²) < 4.78 is 8.46. The lowest BCUT2D eigenvalue weighted by Crippen LogP contribution is -2.02. The molecular formula is C9H13IN2O. The molecule has 72 valence electrons. The standard InChI is InChI=1S/C9H13IN2O/c1-3-4-5-6-13-9-11-7-8(10)12(9)2/h3,7H,1,4-6H2,2H3. The summed E-state index contributed by atoms with van der Waals surface area (Å²) >= 11 is 2.22. The fourth-order valence-electron chi connectivity index (χ4n) is 0.898. The second-order valence-electron chi connectivity index (χ2n) is 2.70. The van der Waals surface area contributed by atoms with Crippen LogP contribution in [-0.4, -0.2) is 16.2 Å². The van der Waals surface area contributed by atoms with E-state index < -0.39 is 0 Å². The molecule has 3 nitrogen and oxygen atoms in total. The Balaban J connectivity index is 2.36. The highest BCUT2D eigenvalue weighted by atomic mass is 127. The molecule has 1 aromatic rings. The van der Waals surface area contributed by atoms with Crippen LogP contribution in [0, 0.1) is 3.70 Å². The van der Waals surface area contributed by atoms with E-state index in [-0.39, 0.29) is 0 Å². The van der Waals surface area contributed by atoms with Gasteiger partial charge >= 0.3 is 0 Å². The summed E-state index contributed by atoms with van der Waals surface area (Å²) in [6.07, 6.45) is 5.67. The molecule has 1 rings (SSSR count). The molecule has 0 atom stereocenters. The number of hydrogen-bond acceptors (Lipinski definition) is 2. The van der Waals surface area contributed by atoms with Crippen LogP contribution < -0.4 is 4.74 Å². The zero-order chi connectivity index (χ0) is 9.68. The molecular weight excluding hydrogens is 279 g/mol.